The van der Waals surface area contributed by atoms with Crippen molar-refractivity contribution in [3.05, 3.63) is 35.9 Å². The van der Waals surface area contributed by atoms with Crippen molar-refractivity contribution in [1.82, 2.24) is 4.90 Å². The molecule has 3 heterocycles. The molecule has 0 radical (unpaired) electrons. The molecule has 0 amide bonds. The molecule has 2 aromatic rings. The van der Waals surface area contributed by atoms with Crippen LogP contribution in [0.2, 0.25) is 0 Å². The molecule has 8 heteroatoms. The summed E-state index contributed by atoms with van der Waals surface area (Å²) in [6, 6.07) is 9.25. The Bertz CT molecular complexity index is 948. The van der Waals surface area contributed by atoms with Crippen LogP contribution in [0.3, 0.4) is 0 Å². The highest BCUT2D eigenvalue weighted by molar-refractivity contribution is 7.99. The summed E-state index contributed by atoms with van der Waals surface area (Å²) in [5.74, 6) is 0. The van der Waals surface area contributed by atoms with Gasteiger partial charge in [-0.25, -0.2) is 0 Å². The summed E-state index contributed by atoms with van der Waals surface area (Å²) in [5.41, 5.74) is 2.14. The molecule has 0 aromatic heterocycles. The average molecular weight is 435 g/mol. The molecule has 2 aromatic carbocycles. The van der Waals surface area contributed by atoms with Gasteiger partial charge < -0.3 is 20.0 Å². The molecule has 3 aliphatic heterocycles. The molecule has 5 rings (SSSR count). The molecule has 30 heavy (non-hydrogen) atoms. The second kappa shape index (κ2) is 7.57. The average Bonchev–Trinajstić information content (AvgIpc) is 3.26. The minimum atomic E-state index is -4.40. The Morgan fingerprint density at radius 2 is 1.50 bits per heavy atom. The number of benzene rings is 2. The number of likely N-dealkylation sites (N-methyl/N-ethyl adjacent to an activating group) is 1. The summed E-state index contributed by atoms with van der Waals surface area (Å²) in [5, 5.41) is 3.08. The first-order valence-corrected chi connectivity index (χ1v) is 11.2. The van der Waals surface area contributed by atoms with Crippen LogP contribution in [0.5, 0.6) is 0 Å². The summed E-state index contributed by atoms with van der Waals surface area (Å²) in [6.45, 7) is 5.58. The number of anilines is 4. The maximum absolute atomic E-state index is 13.9. The summed E-state index contributed by atoms with van der Waals surface area (Å²) < 4.78 is 41.6. The predicted molar refractivity (Wildman–Crippen MR) is 116 cm³/mol. The molecular formula is C22H25F3N4S. The minimum Gasteiger partial charge on any atom is -0.371 e. The third-order valence-corrected chi connectivity index (χ3v) is 7.28. The number of piperazine rings is 1. The lowest BCUT2D eigenvalue weighted by Crippen LogP contribution is -2.44. The molecule has 0 unspecified atom stereocenters. The van der Waals surface area contributed by atoms with Crippen LogP contribution in [-0.4, -0.2) is 51.2 Å². The van der Waals surface area contributed by atoms with Crippen molar-refractivity contribution in [3.8, 4) is 0 Å². The molecule has 2 fully saturated rings. The standard InChI is InChI=1S/C22H25F3N4S/c1-27-8-10-29(11-9-27)15-4-5-18-19(13-15)30-20-14-16(28-6-2-3-7-28)12-17(21(20)26-18)22(23,24)25/h4-5,12-14,26H,2-3,6-11H2,1H3. The lowest BCUT2D eigenvalue weighted by molar-refractivity contribution is -0.137. The third-order valence-electron chi connectivity index (χ3n) is 6.18. The fraction of sp³-hybridized carbons (Fsp3) is 0.455. The summed E-state index contributed by atoms with van der Waals surface area (Å²) in [6.07, 6.45) is -2.34. The van der Waals surface area contributed by atoms with Gasteiger partial charge in [0.1, 0.15) is 0 Å². The second-order valence-electron chi connectivity index (χ2n) is 8.26. The Morgan fingerprint density at radius 1 is 0.833 bits per heavy atom. The van der Waals surface area contributed by atoms with E-state index in [-0.39, 0.29) is 5.69 Å². The fourth-order valence-electron chi connectivity index (χ4n) is 4.41. The monoisotopic (exact) mass is 434 g/mol. The largest absolute Gasteiger partial charge is 0.418 e. The molecular weight excluding hydrogens is 409 g/mol. The quantitative estimate of drug-likeness (QED) is 0.592. The molecule has 0 atom stereocenters. The number of alkyl halides is 3. The Kier molecular flexibility index (Phi) is 5.01. The van der Waals surface area contributed by atoms with E-state index in [1.807, 2.05) is 18.2 Å². The Labute approximate surface area is 179 Å². The highest BCUT2D eigenvalue weighted by Gasteiger charge is 2.37. The van der Waals surface area contributed by atoms with Gasteiger partial charge in [-0.15, -0.1) is 0 Å². The molecule has 2 saturated heterocycles. The van der Waals surface area contributed by atoms with Crippen molar-refractivity contribution in [2.24, 2.45) is 0 Å². The Morgan fingerprint density at radius 3 is 2.20 bits per heavy atom. The van der Waals surface area contributed by atoms with Crippen molar-refractivity contribution in [2.45, 2.75) is 28.8 Å². The lowest BCUT2D eigenvalue weighted by atomic mass is 10.1. The summed E-state index contributed by atoms with van der Waals surface area (Å²) >= 11 is 1.44. The zero-order valence-electron chi connectivity index (χ0n) is 16.9. The van der Waals surface area contributed by atoms with E-state index in [1.54, 1.807) is 0 Å². The van der Waals surface area contributed by atoms with Gasteiger partial charge in [-0.1, -0.05) is 11.8 Å². The van der Waals surface area contributed by atoms with E-state index >= 15 is 0 Å². The molecule has 0 saturated carbocycles. The Hall–Kier alpha value is -2.06. The first-order chi connectivity index (χ1) is 14.4. The second-order valence-corrected chi connectivity index (χ2v) is 9.34. The van der Waals surface area contributed by atoms with Crippen LogP contribution in [0.15, 0.2) is 40.1 Å². The number of nitrogens with zero attached hydrogens (tertiary/aromatic N) is 3. The van der Waals surface area contributed by atoms with Gasteiger partial charge in [-0.3, -0.25) is 0 Å². The molecule has 0 bridgehead atoms. The first kappa shape index (κ1) is 19.9. The topological polar surface area (TPSA) is 21.8 Å². The van der Waals surface area contributed by atoms with Gasteiger partial charge in [-0.05, 0) is 50.2 Å². The molecule has 4 nitrogen and oxygen atoms in total. The van der Waals surface area contributed by atoms with Crippen LogP contribution in [-0.2, 0) is 6.18 Å². The number of nitrogens with one attached hydrogen (secondary N) is 1. The van der Waals surface area contributed by atoms with Crippen molar-refractivity contribution < 1.29 is 13.2 Å². The smallest absolute Gasteiger partial charge is 0.371 e. The van der Waals surface area contributed by atoms with E-state index < -0.39 is 11.7 Å². The first-order valence-electron chi connectivity index (χ1n) is 10.4. The van der Waals surface area contributed by atoms with Gasteiger partial charge in [0.2, 0.25) is 0 Å². The summed E-state index contributed by atoms with van der Waals surface area (Å²) in [7, 11) is 2.12. The van der Waals surface area contributed by atoms with Gasteiger partial charge >= 0.3 is 6.18 Å². The maximum Gasteiger partial charge on any atom is 0.418 e. The minimum absolute atomic E-state index is 0.176. The normalized spacial score (nSPS) is 19.5. The van der Waals surface area contributed by atoms with Crippen molar-refractivity contribution in [3.63, 3.8) is 0 Å². The van der Waals surface area contributed by atoms with Crippen molar-refractivity contribution >= 4 is 34.5 Å². The molecule has 3 aliphatic rings. The zero-order chi connectivity index (χ0) is 20.9. The highest BCUT2D eigenvalue weighted by Crippen LogP contribution is 2.51. The predicted octanol–water partition coefficient (Wildman–Crippen LogP) is 5.27. The van der Waals surface area contributed by atoms with Crippen LogP contribution in [0.1, 0.15) is 18.4 Å². The van der Waals surface area contributed by atoms with E-state index in [0.717, 1.165) is 68.4 Å². The molecule has 0 spiro atoms. The highest BCUT2D eigenvalue weighted by atomic mass is 32.2. The van der Waals surface area contributed by atoms with E-state index in [9.17, 15) is 13.2 Å². The van der Waals surface area contributed by atoms with Gasteiger partial charge in [0.25, 0.3) is 0 Å². The van der Waals surface area contributed by atoms with Gasteiger partial charge in [0.15, 0.2) is 0 Å². The SMILES string of the molecule is CN1CCN(c2ccc3c(c2)Sc2cc(N4CCCC4)cc(C(F)(F)F)c2N3)CC1. The fourth-order valence-corrected chi connectivity index (χ4v) is 5.49. The maximum atomic E-state index is 13.9. The third kappa shape index (κ3) is 3.71. The summed E-state index contributed by atoms with van der Waals surface area (Å²) in [4.78, 5) is 8.34. The zero-order valence-corrected chi connectivity index (χ0v) is 17.7. The van der Waals surface area contributed by atoms with Crippen LogP contribution in [0, 0.1) is 0 Å². The van der Waals surface area contributed by atoms with Crippen LogP contribution < -0.4 is 15.1 Å². The number of rotatable bonds is 2. The molecule has 160 valence electrons. The molecule has 1 N–H and O–H groups in total. The van der Waals surface area contributed by atoms with Gasteiger partial charge in [0, 0.05) is 60.4 Å². The number of hydrogen-bond donors (Lipinski definition) is 1. The van der Waals surface area contributed by atoms with E-state index in [2.05, 4.69) is 33.1 Å². The van der Waals surface area contributed by atoms with E-state index in [1.165, 1.54) is 17.8 Å². The van der Waals surface area contributed by atoms with Crippen molar-refractivity contribution in [2.75, 3.05) is 61.4 Å². The number of fused-ring (bicyclic) bond motifs is 2. The lowest BCUT2D eigenvalue weighted by Gasteiger charge is -2.35. The van der Waals surface area contributed by atoms with Crippen LogP contribution in [0.25, 0.3) is 0 Å². The number of halogens is 3. The Balaban J connectivity index is 1.49. The van der Waals surface area contributed by atoms with Crippen LogP contribution in [0.4, 0.5) is 35.9 Å². The van der Waals surface area contributed by atoms with E-state index in [4.69, 9.17) is 0 Å². The van der Waals surface area contributed by atoms with Gasteiger partial charge in [-0.2, -0.15) is 13.2 Å². The number of hydrogen-bond acceptors (Lipinski definition) is 5. The van der Waals surface area contributed by atoms with Crippen molar-refractivity contribution in [1.29, 1.82) is 0 Å². The van der Waals surface area contributed by atoms with Gasteiger partial charge in [0.05, 0.1) is 16.9 Å². The molecule has 0 aliphatic carbocycles. The van der Waals surface area contributed by atoms with Crippen LogP contribution >= 0.6 is 11.8 Å². The van der Waals surface area contributed by atoms with E-state index in [0.29, 0.717) is 10.6 Å².